The number of ether oxygens (including phenoxy) is 1. The standard InChI is InChI=1S/C15H20N2O3S/c1-9(19)13(16-4)17-14-11(8-18)10-7-15(2,3)20-6-5-12(10)21-14/h8,19H,1,5-7H2,2-4H3,(H,16,17). The van der Waals surface area contributed by atoms with E-state index in [9.17, 15) is 9.90 Å². The monoisotopic (exact) mass is 308 g/mol. The summed E-state index contributed by atoms with van der Waals surface area (Å²) in [5.41, 5.74) is 1.36. The van der Waals surface area contributed by atoms with E-state index in [0.29, 0.717) is 23.6 Å². The Bertz CT molecular complexity index is 602. The first-order chi connectivity index (χ1) is 9.88. The van der Waals surface area contributed by atoms with Crippen molar-refractivity contribution < 1.29 is 14.6 Å². The fraction of sp³-hybridized carbons (Fsp3) is 0.467. The fourth-order valence-corrected chi connectivity index (χ4v) is 3.57. The van der Waals surface area contributed by atoms with E-state index in [2.05, 4.69) is 16.9 Å². The normalized spacial score (nSPS) is 17.8. The topological polar surface area (TPSA) is 70.9 Å². The van der Waals surface area contributed by atoms with Gasteiger partial charge in [-0.3, -0.25) is 9.79 Å². The second kappa shape index (κ2) is 5.99. The van der Waals surface area contributed by atoms with Crippen LogP contribution in [0.5, 0.6) is 0 Å². The Morgan fingerprint density at radius 3 is 2.86 bits per heavy atom. The van der Waals surface area contributed by atoms with Gasteiger partial charge in [-0.15, -0.1) is 11.3 Å². The van der Waals surface area contributed by atoms with Crippen molar-refractivity contribution in [1.82, 2.24) is 0 Å². The van der Waals surface area contributed by atoms with Crippen LogP contribution in [0, 0.1) is 0 Å². The lowest BCUT2D eigenvalue weighted by Crippen LogP contribution is -2.26. The van der Waals surface area contributed by atoms with Crippen molar-refractivity contribution in [2.45, 2.75) is 32.3 Å². The Labute approximate surface area is 128 Å². The van der Waals surface area contributed by atoms with Gasteiger partial charge in [0.25, 0.3) is 0 Å². The van der Waals surface area contributed by atoms with Gasteiger partial charge in [0.05, 0.1) is 17.8 Å². The van der Waals surface area contributed by atoms with Crippen LogP contribution in [0.15, 0.2) is 17.3 Å². The Morgan fingerprint density at radius 1 is 1.57 bits per heavy atom. The van der Waals surface area contributed by atoms with Gasteiger partial charge in [-0.25, -0.2) is 0 Å². The minimum atomic E-state index is -0.288. The van der Waals surface area contributed by atoms with Crippen LogP contribution in [0.2, 0.25) is 0 Å². The summed E-state index contributed by atoms with van der Waals surface area (Å²) in [6.07, 6.45) is 2.32. The molecule has 21 heavy (non-hydrogen) atoms. The summed E-state index contributed by atoms with van der Waals surface area (Å²) in [5.74, 6) is 0.117. The highest BCUT2D eigenvalue weighted by atomic mass is 32.1. The van der Waals surface area contributed by atoms with Crippen molar-refractivity contribution in [2.24, 2.45) is 4.99 Å². The number of aldehydes is 1. The van der Waals surface area contributed by atoms with Gasteiger partial charge in [-0.1, -0.05) is 6.58 Å². The van der Waals surface area contributed by atoms with Crippen molar-refractivity contribution in [3.63, 3.8) is 0 Å². The number of nitrogens with zero attached hydrogens (tertiary/aromatic N) is 1. The quantitative estimate of drug-likeness (QED) is 0.390. The molecule has 0 fully saturated rings. The van der Waals surface area contributed by atoms with Crippen molar-refractivity contribution in [3.8, 4) is 0 Å². The third-order valence-corrected chi connectivity index (χ3v) is 4.63. The molecule has 0 aromatic carbocycles. The number of carbonyl (C=O) groups is 1. The zero-order valence-corrected chi connectivity index (χ0v) is 13.3. The molecule has 0 aliphatic carbocycles. The fourth-order valence-electron chi connectivity index (χ4n) is 2.40. The van der Waals surface area contributed by atoms with Gasteiger partial charge in [-0.05, 0) is 19.4 Å². The summed E-state index contributed by atoms with van der Waals surface area (Å²) in [5, 5.41) is 13.2. The Balaban J connectivity index is 2.42. The molecule has 0 saturated heterocycles. The average molecular weight is 308 g/mol. The number of anilines is 1. The molecule has 2 N–H and O–H groups in total. The number of hydrogen-bond donors (Lipinski definition) is 2. The van der Waals surface area contributed by atoms with E-state index in [-0.39, 0.29) is 17.2 Å². The lowest BCUT2D eigenvalue weighted by molar-refractivity contribution is -0.0103. The van der Waals surface area contributed by atoms with Gasteiger partial charge in [0.15, 0.2) is 17.9 Å². The van der Waals surface area contributed by atoms with Crippen LogP contribution in [0.4, 0.5) is 5.00 Å². The number of nitrogens with one attached hydrogen (secondary N) is 1. The predicted molar refractivity (Wildman–Crippen MR) is 85.9 cm³/mol. The number of hydrogen-bond acceptors (Lipinski definition) is 5. The average Bonchev–Trinajstić information content (AvgIpc) is 2.63. The van der Waals surface area contributed by atoms with Gasteiger partial charge in [0.2, 0.25) is 0 Å². The molecular weight excluding hydrogens is 288 g/mol. The van der Waals surface area contributed by atoms with E-state index in [0.717, 1.165) is 23.1 Å². The van der Waals surface area contributed by atoms with Crippen LogP contribution in [0.3, 0.4) is 0 Å². The third-order valence-electron chi connectivity index (χ3n) is 3.40. The van der Waals surface area contributed by atoms with Crippen molar-refractivity contribution in [2.75, 3.05) is 19.0 Å². The Morgan fingerprint density at radius 2 is 2.29 bits per heavy atom. The highest BCUT2D eigenvalue weighted by Crippen LogP contribution is 2.37. The lowest BCUT2D eigenvalue weighted by atomic mass is 9.96. The van der Waals surface area contributed by atoms with Crippen molar-refractivity contribution in [1.29, 1.82) is 0 Å². The molecule has 0 radical (unpaired) electrons. The summed E-state index contributed by atoms with van der Waals surface area (Å²) < 4.78 is 5.80. The number of aliphatic hydroxyl groups is 1. The zero-order valence-electron chi connectivity index (χ0n) is 12.5. The maximum Gasteiger partial charge on any atom is 0.168 e. The molecule has 0 bridgehead atoms. The summed E-state index contributed by atoms with van der Waals surface area (Å²) in [6.45, 7) is 8.14. The van der Waals surface area contributed by atoms with Crippen LogP contribution in [-0.2, 0) is 17.6 Å². The molecule has 5 nitrogen and oxygen atoms in total. The van der Waals surface area contributed by atoms with Crippen LogP contribution in [-0.4, -0.2) is 36.5 Å². The molecule has 0 saturated carbocycles. The predicted octanol–water partition coefficient (Wildman–Crippen LogP) is 2.97. The minimum absolute atomic E-state index is 0.151. The van der Waals surface area contributed by atoms with E-state index in [4.69, 9.17) is 4.74 Å². The molecule has 2 heterocycles. The molecule has 1 aliphatic heterocycles. The van der Waals surface area contributed by atoms with Gasteiger partial charge in [0, 0.05) is 24.8 Å². The van der Waals surface area contributed by atoms with Crippen LogP contribution in [0.1, 0.15) is 34.6 Å². The molecule has 114 valence electrons. The maximum atomic E-state index is 11.5. The molecule has 0 spiro atoms. The van der Waals surface area contributed by atoms with Crippen molar-refractivity contribution >= 4 is 28.5 Å². The largest absolute Gasteiger partial charge is 0.505 e. The molecule has 1 aliphatic rings. The number of fused-ring (bicyclic) bond motifs is 1. The maximum absolute atomic E-state index is 11.5. The SMILES string of the molecule is C=C(O)C(=NC)Nc1sc2c(c1C=O)CC(C)(C)OCC2. The number of carbonyl (C=O) groups excluding carboxylic acids is 1. The summed E-state index contributed by atoms with van der Waals surface area (Å²) in [4.78, 5) is 16.6. The highest BCUT2D eigenvalue weighted by Gasteiger charge is 2.29. The lowest BCUT2D eigenvalue weighted by Gasteiger charge is -2.23. The summed E-state index contributed by atoms with van der Waals surface area (Å²) >= 11 is 1.51. The summed E-state index contributed by atoms with van der Waals surface area (Å²) in [6, 6.07) is 0. The Kier molecular flexibility index (Phi) is 4.49. The molecule has 2 rings (SSSR count). The van der Waals surface area contributed by atoms with Gasteiger partial charge in [-0.2, -0.15) is 0 Å². The zero-order chi connectivity index (χ0) is 15.6. The second-order valence-electron chi connectivity index (χ2n) is 5.54. The highest BCUT2D eigenvalue weighted by molar-refractivity contribution is 7.17. The molecule has 0 unspecified atom stereocenters. The first-order valence-corrected chi connectivity index (χ1v) is 7.55. The summed E-state index contributed by atoms with van der Waals surface area (Å²) in [7, 11) is 1.56. The smallest absolute Gasteiger partial charge is 0.168 e. The number of thiophene rings is 1. The first-order valence-electron chi connectivity index (χ1n) is 6.73. The van der Waals surface area contributed by atoms with E-state index < -0.39 is 0 Å². The second-order valence-corrected chi connectivity index (χ2v) is 6.65. The molecule has 1 aromatic rings. The van der Waals surface area contributed by atoms with Crippen LogP contribution < -0.4 is 5.32 Å². The van der Waals surface area contributed by atoms with Crippen LogP contribution in [0.25, 0.3) is 0 Å². The van der Waals surface area contributed by atoms with Crippen LogP contribution >= 0.6 is 11.3 Å². The molecule has 1 aromatic heterocycles. The van der Waals surface area contributed by atoms with E-state index in [1.807, 2.05) is 13.8 Å². The van der Waals surface area contributed by atoms with E-state index >= 15 is 0 Å². The number of rotatable bonds is 3. The van der Waals surface area contributed by atoms with Gasteiger partial charge >= 0.3 is 0 Å². The molecule has 6 heteroatoms. The Hall–Kier alpha value is -1.66. The molecule has 0 atom stereocenters. The van der Waals surface area contributed by atoms with E-state index in [1.165, 1.54) is 11.3 Å². The van der Waals surface area contributed by atoms with Crippen molar-refractivity contribution in [3.05, 3.63) is 28.3 Å². The number of amidine groups is 1. The third kappa shape index (κ3) is 3.33. The number of aliphatic hydroxyl groups excluding tert-OH is 1. The number of aliphatic imine (C=N–C) groups is 1. The van der Waals surface area contributed by atoms with E-state index in [1.54, 1.807) is 7.05 Å². The molecular formula is C15H20N2O3S. The van der Waals surface area contributed by atoms with Gasteiger partial charge < -0.3 is 15.2 Å². The van der Waals surface area contributed by atoms with Gasteiger partial charge in [0.1, 0.15) is 5.00 Å². The molecule has 0 amide bonds. The first kappa shape index (κ1) is 15.7. The minimum Gasteiger partial charge on any atom is -0.505 e.